The van der Waals surface area contributed by atoms with E-state index in [0.29, 0.717) is 5.56 Å². The van der Waals surface area contributed by atoms with Crippen molar-refractivity contribution >= 4 is 11.3 Å². The molecule has 0 N–H and O–H groups in total. The molecule has 0 aliphatic heterocycles. The van der Waals surface area contributed by atoms with Crippen molar-refractivity contribution in [2.24, 2.45) is 0 Å². The number of nitrogens with zero attached hydrogens (tertiary/aromatic N) is 1. The predicted molar refractivity (Wildman–Crippen MR) is 115 cm³/mol. The maximum absolute atomic E-state index is 8.87. The van der Waals surface area contributed by atoms with E-state index >= 15 is 0 Å². The SMILES string of the molecule is N#Cc1ccc(-c2ccc(OCCCCCCOCc3ccsc3)cc2)cc1. The number of hydrogen-bond donors (Lipinski definition) is 0. The first-order chi connectivity index (χ1) is 13.8. The van der Waals surface area contributed by atoms with E-state index in [1.54, 1.807) is 11.3 Å². The molecule has 1 heterocycles. The van der Waals surface area contributed by atoms with E-state index in [2.05, 4.69) is 35.0 Å². The first-order valence-electron chi connectivity index (χ1n) is 9.67. The monoisotopic (exact) mass is 391 g/mol. The minimum atomic E-state index is 0.678. The third-order valence-corrected chi connectivity index (χ3v) is 5.23. The Morgan fingerprint density at radius 1 is 0.786 bits per heavy atom. The van der Waals surface area contributed by atoms with Crippen LogP contribution in [-0.4, -0.2) is 13.2 Å². The van der Waals surface area contributed by atoms with Gasteiger partial charge in [-0.3, -0.25) is 0 Å². The molecule has 0 radical (unpaired) electrons. The van der Waals surface area contributed by atoms with Crippen molar-refractivity contribution in [3.8, 4) is 22.9 Å². The van der Waals surface area contributed by atoms with Gasteiger partial charge < -0.3 is 9.47 Å². The molecule has 3 nitrogen and oxygen atoms in total. The van der Waals surface area contributed by atoms with E-state index in [9.17, 15) is 0 Å². The van der Waals surface area contributed by atoms with Crippen molar-refractivity contribution in [2.45, 2.75) is 32.3 Å². The van der Waals surface area contributed by atoms with Gasteiger partial charge in [0.2, 0.25) is 0 Å². The number of nitriles is 1. The van der Waals surface area contributed by atoms with Gasteiger partial charge in [0, 0.05) is 6.61 Å². The van der Waals surface area contributed by atoms with Crippen molar-refractivity contribution in [1.29, 1.82) is 5.26 Å². The molecule has 0 amide bonds. The molecule has 1 aromatic heterocycles. The summed E-state index contributed by atoms with van der Waals surface area (Å²) in [7, 11) is 0. The van der Waals surface area contributed by atoms with Crippen LogP contribution in [0.5, 0.6) is 5.75 Å². The lowest BCUT2D eigenvalue weighted by atomic mass is 10.0. The van der Waals surface area contributed by atoms with E-state index in [1.165, 1.54) is 12.0 Å². The zero-order chi connectivity index (χ0) is 19.4. The first kappa shape index (κ1) is 20.1. The Labute approximate surface area is 171 Å². The maximum Gasteiger partial charge on any atom is 0.119 e. The Morgan fingerprint density at radius 3 is 2.11 bits per heavy atom. The lowest BCUT2D eigenvalue weighted by Crippen LogP contribution is -1.98. The van der Waals surface area contributed by atoms with Crippen LogP contribution in [0.3, 0.4) is 0 Å². The molecule has 0 spiro atoms. The minimum absolute atomic E-state index is 0.678. The van der Waals surface area contributed by atoms with Gasteiger partial charge in [0.25, 0.3) is 0 Å². The molecule has 144 valence electrons. The van der Waals surface area contributed by atoms with Gasteiger partial charge >= 0.3 is 0 Å². The number of ether oxygens (including phenoxy) is 2. The lowest BCUT2D eigenvalue weighted by molar-refractivity contribution is 0.116. The maximum atomic E-state index is 8.87. The second-order valence-corrected chi connectivity index (χ2v) is 7.44. The average molecular weight is 392 g/mol. The van der Waals surface area contributed by atoms with Crippen LogP contribution in [0, 0.1) is 11.3 Å². The molecule has 0 aliphatic carbocycles. The van der Waals surface area contributed by atoms with Crippen LogP contribution < -0.4 is 4.74 Å². The summed E-state index contributed by atoms with van der Waals surface area (Å²) in [6.07, 6.45) is 4.49. The highest BCUT2D eigenvalue weighted by molar-refractivity contribution is 7.07. The summed E-state index contributed by atoms with van der Waals surface area (Å²) in [4.78, 5) is 0. The van der Waals surface area contributed by atoms with Crippen molar-refractivity contribution in [3.05, 3.63) is 76.5 Å². The van der Waals surface area contributed by atoms with Gasteiger partial charge in [-0.2, -0.15) is 16.6 Å². The van der Waals surface area contributed by atoms with E-state index in [0.717, 1.165) is 56.0 Å². The normalized spacial score (nSPS) is 10.5. The Morgan fingerprint density at radius 2 is 1.46 bits per heavy atom. The van der Waals surface area contributed by atoms with Gasteiger partial charge in [-0.1, -0.05) is 30.7 Å². The second kappa shape index (κ2) is 11.3. The van der Waals surface area contributed by atoms with E-state index < -0.39 is 0 Å². The Kier molecular flexibility index (Phi) is 8.11. The topological polar surface area (TPSA) is 42.2 Å². The number of thiophene rings is 1. The van der Waals surface area contributed by atoms with Gasteiger partial charge in [0.1, 0.15) is 5.75 Å². The highest BCUT2D eigenvalue weighted by Crippen LogP contribution is 2.23. The van der Waals surface area contributed by atoms with E-state index in [-0.39, 0.29) is 0 Å². The molecule has 2 aromatic carbocycles. The summed E-state index contributed by atoms with van der Waals surface area (Å²) in [6.45, 7) is 2.30. The molecular formula is C24H25NO2S. The van der Waals surface area contributed by atoms with Gasteiger partial charge in [-0.05, 0) is 77.0 Å². The van der Waals surface area contributed by atoms with E-state index in [1.807, 2.05) is 36.4 Å². The van der Waals surface area contributed by atoms with Crippen molar-refractivity contribution in [3.63, 3.8) is 0 Å². The highest BCUT2D eigenvalue weighted by atomic mass is 32.1. The van der Waals surface area contributed by atoms with Gasteiger partial charge in [-0.25, -0.2) is 0 Å². The molecule has 0 saturated heterocycles. The lowest BCUT2D eigenvalue weighted by Gasteiger charge is -2.08. The van der Waals surface area contributed by atoms with Crippen molar-refractivity contribution in [1.82, 2.24) is 0 Å². The molecule has 0 atom stereocenters. The fourth-order valence-electron chi connectivity index (χ4n) is 2.90. The zero-order valence-corrected chi connectivity index (χ0v) is 16.8. The minimum Gasteiger partial charge on any atom is -0.494 e. The zero-order valence-electron chi connectivity index (χ0n) is 16.0. The number of unbranched alkanes of at least 4 members (excludes halogenated alkanes) is 3. The van der Waals surface area contributed by atoms with Crippen LogP contribution in [0.2, 0.25) is 0 Å². The summed E-state index contributed by atoms with van der Waals surface area (Å²) in [5.41, 5.74) is 4.17. The molecule has 3 rings (SSSR count). The Hall–Kier alpha value is -2.61. The molecule has 0 unspecified atom stereocenters. The predicted octanol–water partition coefficient (Wildman–Crippen LogP) is 6.44. The largest absolute Gasteiger partial charge is 0.494 e. The average Bonchev–Trinajstić information content (AvgIpc) is 3.27. The second-order valence-electron chi connectivity index (χ2n) is 6.66. The van der Waals surface area contributed by atoms with Gasteiger partial charge in [0.05, 0.1) is 24.8 Å². The molecule has 28 heavy (non-hydrogen) atoms. The van der Waals surface area contributed by atoms with Crippen LogP contribution in [0.25, 0.3) is 11.1 Å². The van der Waals surface area contributed by atoms with Crippen molar-refractivity contribution < 1.29 is 9.47 Å². The summed E-state index contributed by atoms with van der Waals surface area (Å²) in [6, 6.07) is 20.0. The first-order valence-corrected chi connectivity index (χ1v) is 10.6. The molecular weight excluding hydrogens is 366 g/mol. The molecule has 0 saturated carbocycles. The molecule has 3 aromatic rings. The van der Waals surface area contributed by atoms with Crippen LogP contribution in [-0.2, 0) is 11.3 Å². The third kappa shape index (κ3) is 6.53. The number of hydrogen-bond acceptors (Lipinski definition) is 4. The van der Waals surface area contributed by atoms with Crippen molar-refractivity contribution in [2.75, 3.05) is 13.2 Å². The standard InChI is InChI=1S/C24H25NO2S/c25-17-20-5-7-22(8-6-20)23-9-11-24(12-10-23)27-15-4-2-1-3-14-26-18-21-13-16-28-19-21/h5-13,16,19H,1-4,14-15,18H2. The highest BCUT2D eigenvalue weighted by Gasteiger charge is 2.00. The fraction of sp³-hybridized carbons (Fsp3) is 0.292. The summed E-state index contributed by atoms with van der Waals surface area (Å²) in [5.74, 6) is 0.900. The number of rotatable bonds is 11. The Balaban J connectivity index is 1.27. The number of benzene rings is 2. The smallest absolute Gasteiger partial charge is 0.119 e. The Bertz CT molecular complexity index is 849. The summed E-state index contributed by atoms with van der Waals surface area (Å²) >= 11 is 1.71. The molecule has 0 bridgehead atoms. The van der Waals surface area contributed by atoms with Crippen LogP contribution >= 0.6 is 11.3 Å². The van der Waals surface area contributed by atoms with Crippen LogP contribution in [0.15, 0.2) is 65.4 Å². The van der Waals surface area contributed by atoms with Gasteiger partial charge in [0.15, 0.2) is 0 Å². The summed E-state index contributed by atoms with van der Waals surface area (Å²) < 4.78 is 11.5. The fourth-order valence-corrected chi connectivity index (χ4v) is 3.55. The molecule has 4 heteroatoms. The van der Waals surface area contributed by atoms with Crippen LogP contribution in [0.1, 0.15) is 36.8 Å². The third-order valence-electron chi connectivity index (χ3n) is 4.50. The van der Waals surface area contributed by atoms with Gasteiger partial charge in [-0.15, -0.1) is 0 Å². The quantitative estimate of drug-likeness (QED) is 0.353. The van der Waals surface area contributed by atoms with E-state index in [4.69, 9.17) is 14.7 Å². The molecule has 0 aliphatic rings. The summed E-state index contributed by atoms with van der Waals surface area (Å²) in [5, 5.41) is 13.1. The van der Waals surface area contributed by atoms with Crippen LogP contribution in [0.4, 0.5) is 0 Å². The molecule has 0 fully saturated rings.